The zero-order valence-electron chi connectivity index (χ0n) is 26.9. The molecular formula is C40H50O5. The van der Waals surface area contributed by atoms with Gasteiger partial charge in [0.2, 0.25) is 0 Å². The molecular weight excluding hydrogens is 560 g/mol. The van der Waals surface area contributed by atoms with Gasteiger partial charge in [0.1, 0.15) is 11.2 Å². The van der Waals surface area contributed by atoms with E-state index in [4.69, 9.17) is 9.47 Å². The van der Waals surface area contributed by atoms with Gasteiger partial charge in [0.25, 0.3) is 0 Å². The topological polar surface area (TPSA) is 72.8 Å². The molecule has 1 heterocycles. The molecule has 1 aliphatic rings. The number of rotatable bonds is 21. The Labute approximate surface area is 269 Å². The lowest BCUT2D eigenvalue weighted by Gasteiger charge is -2.36. The van der Waals surface area contributed by atoms with Crippen molar-refractivity contribution in [2.75, 3.05) is 6.61 Å². The zero-order chi connectivity index (χ0) is 31.7. The third kappa shape index (κ3) is 9.40. The van der Waals surface area contributed by atoms with E-state index in [1.807, 2.05) is 91.0 Å². The van der Waals surface area contributed by atoms with E-state index in [-0.39, 0.29) is 30.1 Å². The summed E-state index contributed by atoms with van der Waals surface area (Å²) in [6, 6.07) is 29.6. The first kappa shape index (κ1) is 34.2. The lowest BCUT2D eigenvalue weighted by atomic mass is 9.80. The van der Waals surface area contributed by atoms with Crippen LogP contribution in [0.3, 0.4) is 0 Å². The molecule has 0 fully saturated rings. The van der Waals surface area contributed by atoms with E-state index in [1.54, 1.807) is 0 Å². The molecule has 1 atom stereocenters. The molecule has 5 nitrogen and oxygen atoms in total. The van der Waals surface area contributed by atoms with Crippen LogP contribution in [-0.2, 0) is 24.7 Å². The van der Waals surface area contributed by atoms with Crippen molar-refractivity contribution in [3.8, 4) is 0 Å². The Bertz CT molecular complexity index is 1240. The zero-order valence-corrected chi connectivity index (χ0v) is 26.9. The standard InChI is InChI=1S/C40H50O5/c1-2-3-4-5-6-7-8-9-10-11-12-13-23-30-35(41)37-38(42)36(45-39(37)43)31-44-40(32-24-17-14-18-25-32,33-26-19-15-20-27-33)34-28-21-16-22-29-34/h14-22,24-29,36,42H,2-13,23,30-31H2,1H3/t36-/m1/s1. The molecule has 0 aliphatic carbocycles. The molecule has 0 radical (unpaired) electrons. The van der Waals surface area contributed by atoms with E-state index in [2.05, 4.69) is 6.92 Å². The molecule has 0 spiro atoms. The summed E-state index contributed by atoms with van der Waals surface area (Å²) in [5.41, 5.74) is 1.43. The monoisotopic (exact) mass is 610 g/mol. The highest BCUT2D eigenvalue weighted by Gasteiger charge is 2.42. The number of benzene rings is 3. The van der Waals surface area contributed by atoms with Gasteiger partial charge in [0, 0.05) is 6.42 Å². The fourth-order valence-electron chi connectivity index (χ4n) is 6.28. The van der Waals surface area contributed by atoms with Gasteiger partial charge in [-0.2, -0.15) is 0 Å². The fraction of sp³-hybridized carbons (Fsp3) is 0.450. The van der Waals surface area contributed by atoms with Gasteiger partial charge in [0.05, 0.1) is 6.61 Å². The summed E-state index contributed by atoms with van der Waals surface area (Å²) >= 11 is 0. The maximum absolute atomic E-state index is 13.0. The number of Topliss-reactive ketones (excluding diaryl/α,β-unsaturated/α-hetero) is 1. The minimum absolute atomic E-state index is 0.119. The summed E-state index contributed by atoms with van der Waals surface area (Å²) in [6.07, 6.45) is 15.0. The number of esters is 1. The second-order valence-corrected chi connectivity index (χ2v) is 12.2. The molecule has 45 heavy (non-hydrogen) atoms. The van der Waals surface area contributed by atoms with Gasteiger partial charge in [-0.3, -0.25) is 4.79 Å². The van der Waals surface area contributed by atoms with E-state index in [0.717, 1.165) is 29.5 Å². The molecule has 3 aromatic carbocycles. The Kier molecular flexibility index (Phi) is 13.9. The molecule has 3 aromatic rings. The summed E-state index contributed by atoms with van der Waals surface area (Å²) in [6.45, 7) is 2.13. The van der Waals surface area contributed by atoms with E-state index < -0.39 is 17.7 Å². The third-order valence-electron chi connectivity index (χ3n) is 8.79. The predicted octanol–water partition coefficient (Wildman–Crippen LogP) is 9.78. The van der Waals surface area contributed by atoms with Crippen molar-refractivity contribution in [2.45, 2.75) is 109 Å². The van der Waals surface area contributed by atoms with Gasteiger partial charge >= 0.3 is 5.97 Å². The number of carbonyl (C=O) groups excluding carboxylic acids is 2. The number of ketones is 1. The average Bonchev–Trinajstić information content (AvgIpc) is 3.37. The van der Waals surface area contributed by atoms with Gasteiger partial charge in [-0.15, -0.1) is 0 Å². The summed E-state index contributed by atoms with van der Waals surface area (Å²) in [4.78, 5) is 25.8. The minimum Gasteiger partial charge on any atom is -0.507 e. The first-order valence-electron chi connectivity index (χ1n) is 17.1. The van der Waals surface area contributed by atoms with Crippen molar-refractivity contribution >= 4 is 11.8 Å². The molecule has 1 N–H and O–H groups in total. The quantitative estimate of drug-likeness (QED) is 0.0562. The molecule has 1 aliphatic heterocycles. The van der Waals surface area contributed by atoms with Crippen molar-refractivity contribution < 1.29 is 24.2 Å². The summed E-state index contributed by atoms with van der Waals surface area (Å²) in [7, 11) is 0. The number of cyclic esters (lactones) is 1. The number of aliphatic hydroxyl groups excluding tert-OH is 1. The van der Waals surface area contributed by atoms with Crippen LogP contribution in [0.4, 0.5) is 0 Å². The maximum atomic E-state index is 13.0. The Morgan fingerprint density at radius 3 is 1.49 bits per heavy atom. The van der Waals surface area contributed by atoms with Gasteiger partial charge in [-0.05, 0) is 23.1 Å². The Morgan fingerprint density at radius 2 is 1.07 bits per heavy atom. The van der Waals surface area contributed by atoms with E-state index in [1.165, 1.54) is 64.2 Å². The fourth-order valence-corrected chi connectivity index (χ4v) is 6.28. The number of carbonyl (C=O) groups is 2. The minimum atomic E-state index is -1.06. The van der Waals surface area contributed by atoms with Gasteiger partial charge in [0.15, 0.2) is 17.6 Å². The van der Waals surface area contributed by atoms with Crippen LogP contribution in [0.15, 0.2) is 102 Å². The normalized spacial score (nSPS) is 15.0. The molecule has 240 valence electrons. The van der Waals surface area contributed by atoms with Crippen LogP contribution in [0.5, 0.6) is 0 Å². The maximum Gasteiger partial charge on any atom is 0.346 e. The Hall–Kier alpha value is -3.70. The number of aliphatic hydroxyl groups is 1. The van der Waals surface area contributed by atoms with Crippen LogP contribution in [0.2, 0.25) is 0 Å². The second-order valence-electron chi connectivity index (χ2n) is 12.2. The van der Waals surface area contributed by atoms with Gasteiger partial charge < -0.3 is 14.6 Å². The van der Waals surface area contributed by atoms with Crippen LogP contribution < -0.4 is 0 Å². The van der Waals surface area contributed by atoms with E-state index in [9.17, 15) is 14.7 Å². The Morgan fingerprint density at radius 1 is 0.667 bits per heavy atom. The molecule has 0 unspecified atom stereocenters. The molecule has 0 saturated carbocycles. The number of hydrogen-bond donors (Lipinski definition) is 1. The number of unbranched alkanes of at least 4 members (excludes halogenated alkanes) is 12. The van der Waals surface area contributed by atoms with Crippen LogP contribution in [-0.4, -0.2) is 29.6 Å². The molecule has 0 bridgehead atoms. The third-order valence-corrected chi connectivity index (χ3v) is 8.79. The van der Waals surface area contributed by atoms with Crippen molar-refractivity contribution in [2.24, 2.45) is 0 Å². The molecule has 0 aromatic heterocycles. The Balaban J connectivity index is 1.32. The largest absolute Gasteiger partial charge is 0.507 e. The first-order chi connectivity index (χ1) is 22.1. The summed E-state index contributed by atoms with van der Waals surface area (Å²) < 4.78 is 12.2. The van der Waals surface area contributed by atoms with Crippen LogP contribution in [0.25, 0.3) is 0 Å². The summed E-state index contributed by atoms with van der Waals surface area (Å²) in [5, 5.41) is 11.0. The SMILES string of the molecule is CCCCCCCCCCCCCCCC(=O)C1=C(O)[C@@H](COC(c2ccccc2)(c2ccccc2)c2ccccc2)OC1=O. The highest BCUT2D eigenvalue weighted by Crippen LogP contribution is 2.41. The highest BCUT2D eigenvalue weighted by atomic mass is 16.6. The van der Waals surface area contributed by atoms with E-state index in [0.29, 0.717) is 6.42 Å². The number of ether oxygens (including phenoxy) is 2. The van der Waals surface area contributed by atoms with Crippen LogP contribution in [0, 0.1) is 0 Å². The van der Waals surface area contributed by atoms with Gasteiger partial charge in [-0.25, -0.2) is 4.79 Å². The smallest absolute Gasteiger partial charge is 0.346 e. The average molecular weight is 611 g/mol. The second kappa shape index (κ2) is 18.3. The van der Waals surface area contributed by atoms with Crippen molar-refractivity contribution in [3.63, 3.8) is 0 Å². The van der Waals surface area contributed by atoms with Gasteiger partial charge in [-0.1, -0.05) is 175 Å². The number of hydrogen-bond acceptors (Lipinski definition) is 5. The lowest BCUT2D eigenvalue weighted by Crippen LogP contribution is -2.36. The molecule has 0 saturated heterocycles. The van der Waals surface area contributed by atoms with Crippen molar-refractivity contribution in [3.05, 3.63) is 119 Å². The predicted molar refractivity (Wildman–Crippen MR) is 180 cm³/mol. The van der Waals surface area contributed by atoms with E-state index >= 15 is 0 Å². The van der Waals surface area contributed by atoms with Crippen molar-refractivity contribution in [1.29, 1.82) is 0 Å². The molecule has 4 rings (SSSR count). The molecule has 5 heteroatoms. The van der Waals surface area contributed by atoms with Crippen molar-refractivity contribution in [1.82, 2.24) is 0 Å². The van der Waals surface area contributed by atoms with Crippen LogP contribution >= 0.6 is 0 Å². The lowest BCUT2D eigenvalue weighted by molar-refractivity contribution is -0.145. The van der Waals surface area contributed by atoms with Crippen LogP contribution in [0.1, 0.15) is 114 Å². The highest BCUT2D eigenvalue weighted by molar-refractivity contribution is 6.19. The summed E-state index contributed by atoms with van der Waals surface area (Å²) in [5.74, 6) is -1.46. The molecule has 0 amide bonds. The first-order valence-corrected chi connectivity index (χ1v) is 17.1.